The monoisotopic (exact) mass is 282 g/mol. The number of phenols is 1. The van der Waals surface area contributed by atoms with Gasteiger partial charge in [0.2, 0.25) is 0 Å². The summed E-state index contributed by atoms with van der Waals surface area (Å²) < 4.78 is 0. The molecule has 0 aliphatic heterocycles. The van der Waals surface area contributed by atoms with Crippen molar-refractivity contribution in [2.45, 2.75) is 0 Å². The molecule has 0 unspecified atom stereocenters. The number of carboxylic acids is 1. The van der Waals surface area contributed by atoms with E-state index >= 15 is 0 Å². The highest BCUT2D eigenvalue weighted by Gasteiger charge is 2.11. The Morgan fingerprint density at radius 2 is 1.56 bits per heavy atom. The van der Waals surface area contributed by atoms with Gasteiger partial charge in [0.05, 0.1) is 15.6 Å². The summed E-state index contributed by atoms with van der Waals surface area (Å²) >= 11 is 11.6. The third-order valence-corrected chi connectivity index (χ3v) is 3.11. The molecule has 3 nitrogen and oxygen atoms in total. The van der Waals surface area contributed by atoms with E-state index in [1.807, 2.05) is 0 Å². The fourth-order valence-corrected chi connectivity index (χ4v) is 1.93. The van der Waals surface area contributed by atoms with Gasteiger partial charge in [-0.3, -0.25) is 0 Å². The molecule has 0 saturated carbocycles. The molecule has 0 heterocycles. The van der Waals surface area contributed by atoms with Crippen molar-refractivity contribution in [1.82, 2.24) is 0 Å². The van der Waals surface area contributed by atoms with Gasteiger partial charge in [0.25, 0.3) is 0 Å². The van der Waals surface area contributed by atoms with Gasteiger partial charge in [0.15, 0.2) is 0 Å². The van der Waals surface area contributed by atoms with Crippen LogP contribution in [0.2, 0.25) is 10.0 Å². The van der Waals surface area contributed by atoms with Crippen LogP contribution in [0.4, 0.5) is 0 Å². The van der Waals surface area contributed by atoms with Crippen LogP contribution in [0, 0.1) is 0 Å². The number of carboxylic acid groups (broad SMARTS) is 1. The molecular weight excluding hydrogens is 275 g/mol. The summed E-state index contributed by atoms with van der Waals surface area (Å²) in [5.74, 6) is -1.11. The molecule has 2 N–H and O–H groups in total. The number of phenolic OH excluding ortho intramolecular Hbond substituents is 1. The molecule has 2 aromatic carbocycles. The third kappa shape index (κ3) is 2.42. The molecule has 18 heavy (non-hydrogen) atoms. The highest BCUT2D eigenvalue weighted by molar-refractivity contribution is 6.33. The average Bonchev–Trinajstić information content (AvgIpc) is 2.33. The van der Waals surface area contributed by atoms with Crippen molar-refractivity contribution in [1.29, 1.82) is 0 Å². The summed E-state index contributed by atoms with van der Waals surface area (Å²) in [6, 6.07) is 9.33. The first-order valence-corrected chi connectivity index (χ1v) is 5.76. The molecule has 0 saturated heterocycles. The van der Waals surface area contributed by atoms with Crippen molar-refractivity contribution in [3.63, 3.8) is 0 Å². The number of carbonyl (C=O) groups is 1. The molecule has 0 radical (unpaired) electrons. The lowest BCUT2D eigenvalue weighted by atomic mass is 10.0. The van der Waals surface area contributed by atoms with Gasteiger partial charge >= 0.3 is 5.97 Å². The average molecular weight is 283 g/mol. The van der Waals surface area contributed by atoms with Crippen molar-refractivity contribution in [2.24, 2.45) is 0 Å². The Balaban J connectivity index is 2.54. The fraction of sp³-hybridized carbons (Fsp3) is 0. The molecule has 0 aliphatic carbocycles. The number of hydrogen-bond acceptors (Lipinski definition) is 2. The van der Waals surface area contributed by atoms with Gasteiger partial charge in [-0.05, 0) is 35.4 Å². The van der Waals surface area contributed by atoms with Gasteiger partial charge in [0.1, 0.15) is 5.75 Å². The number of hydrogen-bond donors (Lipinski definition) is 2. The second-order valence-electron chi connectivity index (χ2n) is 3.67. The van der Waals surface area contributed by atoms with Gasteiger partial charge < -0.3 is 10.2 Å². The minimum Gasteiger partial charge on any atom is -0.506 e. The zero-order valence-electron chi connectivity index (χ0n) is 9.02. The highest BCUT2D eigenvalue weighted by Crippen LogP contribution is 2.31. The zero-order chi connectivity index (χ0) is 13.3. The smallest absolute Gasteiger partial charge is 0.337 e. The molecule has 5 heteroatoms. The number of rotatable bonds is 2. The SMILES string of the molecule is O=C(O)c1cc(-c2ccc(O)c(Cl)c2)ccc1Cl. The molecule has 2 aromatic rings. The van der Waals surface area contributed by atoms with Crippen molar-refractivity contribution >= 4 is 29.2 Å². The molecule has 0 spiro atoms. The van der Waals surface area contributed by atoms with Crippen LogP contribution in [0.1, 0.15) is 10.4 Å². The van der Waals surface area contributed by atoms with Crippen LogP contribution in [0.3, 0.4) is 0 Å². The summed E-state index contributed by atoms with van der Waals surface area (Å²) in [5.41, 5.74) is 1.40. The number of halogens is 2. The normalized spacial score (nSPS) is 10.3. The van der Waals surface area contributed by atoms with E-state index < -0.39 is 5.97 Å². The summed E-state index contributed by atoms with van der Waals surface area (Å²) in [7, 11) is 0. The van der Waals surface area contributed by atoms with Crippen LogP contribution in [-0.4, -0.2) is 16.2 Å². The molecule has 0 aliphatic rings. The maximum Gasteiger partial charge on any atom is 0.337 e. The van der Waals surface area contributed by atoms with Crippen molar-refractivity contribution in [2.75, 3.05) is 0 Å². The maximum absolute atomic E-state index is 11.0. The summed E-state index contributed by atoms with van der Waals surface area (Å²) in [5, 5.41) is 18.7. The van der Waals surface area contributed by atoms with E-state index in [1.54, 1.807) is 18.2 Å². The molecule has 0 amide bonds. The first kappa shape index (κ1) is 12.7. The Labute approximate surface area is 113 Å². The predicted molar refractivity (Wildman–Crippen MR) is 70.5 cm³/mol. The molecule has 0 fully saturated rings. The minimum absolute atomic E-state index is 0.0205. The topological polar surface area (TPSA) is 57.5 Å². The highest BCUT2D eigenvalue weighted by atomic mass is 35.5. The van der Waals surface area contributed by atoms with Crippen LogP contribution >= 0.6 is 23.2 Å². The molecule has 0 atom stereocenters. The number of aromatic hydroxyl groups is 1. The third-order valence-electron chi connectivity index (χ3n) is 2.48. The molecule has 0 aromatic heterocycles. The Hall–Kier alpha value is -1.71. The maximum atomic E-state index is 11.0. The standard InChI is InChI=1S/C13H8Cl2O3/c14-10-3-1-7(5-9(10)13(17)18)8-2-4-12(16)11(15)6-8/h1-6,16H,(H,17,18). The molecule has 92 valence electrons. The van der Waals surface area contributed by atoms with Gasteiger partial charge in [-0.1, -0.05) is 35.3 Å². The van der Waals surface area contributed by atoms with Crippen LogP contribution < -0.4 is 0 Å². The predicted octanol–water partition coefficient (Wildman–Crippen LogP) is 4.06. The van der Waals surface area contributed by atoms with E-state index in [1.165, 1.54) is 18.2 Å². The lowest BCUT2D eigenvalue weighted by molar-refractivity contribution is 0.0697. The first-order valence-electron chi connectivity index (χ1n) is 5.01. The van der Waals surface area contributed by atoms with Gasteiger partial charge in [-0.25, -0.2) is 4.79 Å². The van der Waals surface area contributed by atoms with Crippen LogP contribution in [0.25, 0.3) is 11.1 Å². The van der Waals surface area contributed by atoms with E-state index in [4.69, 9.17) is 28.3 Å². The van der Waals surface area contributed by atoms with Crippen LogP contribution in [-0.2, 0) is 0 Å². The zero-order valence-corrected chi connectivity index (χ0v) is 10.5. The lowest BCUT2D eigenvalue weighted by Crippen LogP contribution is -1.97. The van der Waals surface area contributed by atoms with Gasteiger partial charge in [-0.2, -0.15) is 0 Å². The van der Waals surface area contributed by atoms with Gasteiger partial charge in [-0.15, -0.1) is 0 Å². The fourth-order valence-electron chi connectivity index (χ4n) is 1.56. The van der Waals surface area contributed by atoms with E-state index in [0.29, 0.717) is 11.1 Å². The summed E-state index contributed by atoms with van der Waals surface area (Å²) in [4.78, 5) is 11.0. The van der Waals surface area contributed by atoms with Crippen molar-refractivity contribution < 1.29 is 15.0 Å². The van der Waals surface area contributed by atoms with Crippen LogP contribution in [0.15, 0.2) is 36.4 Å². The molecular formula is C13H8Cl2O3. The largest absolute Gasteiger partial charge is 0.506 e. The minimum atomic E-state index is -1.09. The summed E-state index contributed by atoms with van der Waals surface area (Å²) in [6.45, 7) is 0. The first-order chi connectivity index (χ1) is 8.49. The quantitative estimate of drug-likeness (QED) is 0.873. The molecule has 0 bridgehead atoms. The van der Waals surface area contributed by atoms with Crippen molar-refractivity contribution in [3.05, 3.63) is 52.0 Å². The second kappa shape index (κ2) is 4.88. The number of aromatic carboxylic acids is 1. The second-order valence-corrected chi connectivity index (χ2v) is 4.48. The van der Waals surface area contributed by atoms with E-state index in [0.717, 1.165) is 0 Å². The Morgan fingerprint density at radius 3 is 2.17 bits per heavy atom. The lowest BCUT2D eigenvalue weighted by Gasteiger charge is -2.06. The van der Waals surface area contributed by atoms with E-state index in [9.17, 15) is 9.90 Å². The van der Waals surface area contributed by atoms with E-state index in [2.05, 4.69) is 0 Å². The Bertz CT molecular complexity index is 624. The van der Waals surface area contributed by atoms with Crippen molar-refractivity contribution in [3.8, 4) is 16.9 Å². The number of benzene rings is 2. The van der Waals surface area contributed by atoms with Crippen LogP contribution in [0.5, 0.6) is 5.75 Å². The summed E-state index contributed by atoms with van der Waals surface area (Å²) in [6.07, 6.45) is 0. The Kier molecular flexibility index (Phi) is 3.45. The van der Waals surface area contributed by atoms with E-state index in [-0.39, 0.29) is 21.4 Å². The van der Waals surface area contributed by atoms with Gasteiger partial charge in [0, 0.05) is 0 Å². The molecule has 2 rings (SSSR count). The Morgan fingerprint density at radius 1 is 0.944 bits per heavy atom.